The topological polar surface area (TPSA) is 41.6 Å². The number of amides is 1. The highest BCUT2D eigenvalue weighted by molar-refractivity contribution is 5.68. The van der Waals surface area contributed by atoms with Crippen LogP contribution in [-0.4, -0.2) is 30.6 Å². The molecule has 2 aromatic carbocycles. The van der Waals surface area contributed by atoms with Gasteiger partial charge in [-0.25, -0.2) is 4.79 Å². The van der Waals surface area contributed by atoms with Crippen LogP contribution in [0.2, 0.25) is 0 Å². The first-order chi connectivity index (χ1) is 12.2. The lowest BCUT2D eigenvalue weighted by Gasteiger charge is -2.39. The molecule has 25 heavy (non-hydrogen) atoms. The van der Waals surface area contributed by atoms with Crippen LogP contribution in [0, 0.1) is 6.92 Å². The number of benzene rings is 2. The quantitative estimate of drug-likeness (QED) is 0.898. The van der Waals surface area contributed by atoms with Gasteiger partial charge < -0.3 is 15.0 Å². The standard InChI is InChI=1S/C21H24N2O2/c1-16-7-8-19-18(13-16)21(15-22-19)9-11-23(12-10-21)20(24)25-14-17-5-3-2-4-6-17/h2-8,13,22H,9-12,14-15H2,1H3. The van der Waals surface area contributed by atoms with E-state index in [9.17, 15) is 4.79 Å². The minimum absolute atomic E-state index is 0.164. The smallest absolute Gasteiger partial charge is 0.410 e. The largest absolute Gasteiger partial charge is 0.445 e. The molecule has 2 aliphatic heterocycles. The summed E-state index contributed by atoms with van der Waals surface area (Å²) in [5, 5.41) is 3.54. The molecular weight excluding hydrogens is 312 g/mol. The van der Waals surface area contributed by atoms with Crippen LogP contribution < -0.4 is 5.32 Å². The van der Waals surface area contributed by atoms with E-state index in [2.05, 4.69) is 30.4 Å². The average molecular weight is 336 g/mol. The maximum Gasteiger partial charge on any atom is 0.410 e. The normalized spacial score (nSPS) is 17.9. The predicted octanol–water partition coefficient (Wildman–Crippen LogP) is 4.09. The molecule has 0 atom stereocenters. The van der Waals surface area contributed by atoms with Crippen molar-refractivity contribution in [1.82, 2.24) is 4.90 Å². The molecule has 4 nitrogen and oxygen atoms in total. The number of likely N-dealkylation sites (tertiary alicyclic amines) is 1. The molecule has 0 aliphatic carbocycles. The van der Waals surface area contributed by atoms with Gasteiger partial charge in [-0.15, -0.1) is 0 Å². The van der Waals surface area contributed by atoms with Gasteiger partial charge in [-0.2, -0.15) is 0 Å². The number of fused-ring (bicyclic) bond motifs is 2. The van der Waals surface area contributed by atoms with Gasteiger partial charge in [-0.05, 0) is 37.0 Å². The van der Waals surface area contributed by atoms with Crippen LogP contribution in [0.3, 0.4) is 0 Å². The molecule has 0 saturated carbocycles. The molecule has 0 unspecified atom stereocenters. The van der Waals surface area contributed by atoms with Gasteiger partial charge in [0, 0.05) is 30.7 Å². The van der Waals surface area contributed by atoms with Gasteiger partial charge in [0.1, 0.15) is 6.61 Å². The molecule has 1 fully saturated rings. The fourth-order valence-corrected chi connectivity index (χ4v) is 3.98. The number of aryl methyl sites for hydroxylation is 1. The summed E-state index contributed by atoms with van der Waals surface area (Å²) >= 11 is 0. The SMILES string of the molecule is Cc1ccc2c(c1)C1(CCN(C(=O)OCc3ccccc3)CC1)CN2. The summed E-state index contributed by atoms with van der Waals surface area (Å²) in [5.41, 5.74) is 5.16. The van der Waals surface area contributed by atoms with Gasteiger partial charge in [0.05, 0.1) is 0 Å². The number of piperidine rings is 1. The molecule has 0 radical (unpaired) electrons. The molecular formula is C21H24N2O2. The molecule has 0 aromatic heterocycles. The van der Waals surface area contributed by atoms with Gasteiger partial charge in [0.2, 0.25) is 0 Å². The molecule has 2 heterocycles. The molecule has 0 bridgehead atoms. The lowest BCUT2D eigenvalue weighted by molar-refractivity contribution is 0.0794. The van der Waals surface area contributed by atoms with Gasteiger partial charge in [-0.1, -0.05) is 48.0 Å². The number of carbonyl (C=O) groups is 1. The van der Waals surface area contributed by atoms with Crippen LogP contribution in [0.5, 0.6) is 0 Å². The van der Waals surface area contributed by atoms with E-state index in [1.807, 2.05) is 35.2 Å². The highest BCUT2D eigenvalue weighted by Gasteiger charge is 2.42. The summed E-state index contributed by atoms with van der Waals surface area (Å²) in [6.45, 7) is 4.96. The molecule has 1 amide bonds. The number of hydrogen-bond acceptors (Lipinski definition) is 3. The first-order valence-corrected chi connectivity index (χ1v) is 8.97. The molecule has 2 aromatic rings. The van der Waals surface area contributed by atoms with E-state index in [1.165, 1.54) is 16.8 Å². The maximum atomic E-state index is 12.4. The minimum atomic E-state index is -0.200. The first kappa shape index (κ1) is 16.0. The van der Waals surface area contributed by atoms with E-state index < -0.39 is 0 Å². The minimum Gasteiger partial charge on any atom is -0.445 e. The fourth-order valence-electron chi connectivity index (χ4n) is 3.98. The average Bonchev–Trinajstić information content (AvgIpc) is 2.99. The number of hydrogen-bond donors (Lipinski definition) is 1. The van der Waals surface area contributed by atoms with Crippen LogP contribution in [0.15, 0.2) is 48.5 Å². The summed E-state index contributed by atoms with van der Waals surface area (Å²) in [5.74, 6) is 0. The summed E-state index contributed by atoms with van der Waals surface area (Å²) in [6, 6.07) is 16.5. The Bertz CT molecular complexity index is 765. The van der Waals surface area contributed by atoms with E-state index in [1.54, 1.807) is 0 Å². The number of nitrogens with zero attached hydrogens (tertiary/aromatic N) is 1. The third-order valence-electron chi connectivity index (χ3n) is 5.55. The molecule has 130 valence electrons. The van der Waals surface area contributed by atoms with Crippen molar-refractivity contribution in [2.75, 3.05) is 25.0 Å². The Morgan fingerprint density at radius 2 is 1.92 bits per heavy atom. The van der Waals surface area contributed by atoms with Gasteiger partial charge in [0.15, 0.2) is 0 Å². The van der Waals surface area contributed by atoms with Crippen molar-refractivity contribution in [1.29, 1.82) is 0 Å². The Labute approximate surface area is 148 Å². The van der Waals surface area contributed by atoms with Crippen molar-refractivity contribution < 1.29 is 9.53 Å². The number of ether oxygens (including phenoxy) is 1. The van der Waals surface area contributed by atoms with E-state index in [0.717, 1.165) is 38.0 Å². The van der Waals surface area contributed by atoms with Gasteiger partial charge in [0.25, 0.3) is 0 Å². The van der Waals surface area contributed by atoms with Crippen LogP contribution in [-0.2, 0) is 16.8 Å². The van der Waals surface area contributed by atoms with Gasteiger partial charge in [-0.3, -0.25) is 0 Å². The van der Waals surface area contributed by atoms with E-state index in [0.29, 0.717) is 6.61 Å². The van der Waals surface area contributed by atoms with Crippen molar-refractivity contribution in [3.63, 3.8) is 0 Å². The number of carbonyl (C=O) groups excluding carboxylic acids is 1. The lowest BCUT2D eigenvalue weighted by atomic mass is 9.74. The Morgan fingerprint density at radius 1 is 1.16 bits per heavy atom. The van der Waals surface area contributed by atoms with E-state index in [-0.39, 0.29) is 11.5 Å². The van der Waals surface area contributed by atoms with E-state index >= 15 is 0 Å². The zero-order valence-electron chi connectivity index (χ0n) is 14.6. The Hall–Kier alpha value is -2.49. The molecule has 2 aliphatic rings. The van der Waals surface area contributed by atoms with Crippen molar-refractivity contribution in [3.05, 3.63) is 65.2 Å². The fraction of sp³-hybridized carbons (Fsp3) is 0.381. The van der Waals surface area contributed by atoms with Crippen LogP contribution >= 0.6 is 0 Å². The second-order valence-electron chi connectivity index (χ2n) is 7.21. The Morgan fingerprint density at radius 3 is 2.68 bits per heavy atom. The molecule has 1 spiro atoms. The highest BCUT2D eigenvalue weighted by Crippen LogP contribution is 2.44. The lowest BCUT2D eigenvalue weighted by Crippen LogP contribution is -2.46. The van der Waals surface area contributed by atoms with Crippen molar-refractivity contribution in [2.24, 2.45) is 0 Å². The molecule has 4 rings (SSSR count). The Balaban J connectivity index is 1.38. The van der Waals surface area contributed by atoms with Gasteiger partial charge >= 0.3 is 6.09 Å². The molecule has 1 N–H and O–H groups in total. The van der Waals surface area contributed by atoms with Crippen LogP contribution in [0.1, 0.15) is 29.5 Å². The highest BCUT2D eigenvalue weighted by atomic mass is 16.6. The Kier molecular flexibility index (Phi) is 4.12. The van der Waals surface area contributed by atoms with Crippen LogP contribution in [0.25, 0.3) is 0 Å². The zero-order chi connectivity index (χ0) is 17.3. The second-order valence-corrected chi connectivity index (χ2v) is 7.21. The summed E-state index contributed by atoms with van der Waals surface area (Å²) in [7, 11) is 0. The van der Waals surface area contributed by atoms with E-state index in [4.69, 9.17) is 4.74 Å². The number of anilines is 1. The third kappa shape index (κ3) is 3.09. The predicted molar refractivity (Wildman–Crippen MR) is 98.8 cm³/mol. The molecule has 4 heteroatoms. The first-order valence-electron chi connectivity index (χ1n) is 8.97. The number of rotatable bonds is 2. The van der Waals surface area contributed by atoms with Crippen molar-refractivity contribution in [3.8, 4) is 0 Å². The third-order valence-corrected chi connectivity index (χ3v) is 5.55. The molecule has 1 saturated heterocycles. The van der Waals surface area contributed by atoms with Crippen molar-refractivity contribution >= 4 is 11.8 Å². The summed E-state index contributed by atoms with van der Waals surface area (Å²) < 4.78 is 5.48. The summed E-state index contributed by atoms with van der Waals surface area (Å²) in [4.78, 5) is 14.2. The number of nitrogens with one attached hydrogen (secondary N) is 1. The second kappa shape index (κ2) is 6.43. The monoisotopic (exact) mass is 336 g/mol. The zero-order valence-corrected chi connectivity index (χ0v) is 14.6. The van der Waals surface area contributed by atoms with Crippen molar-refractivity contribution in [2.45, 2.75) is 31.8 Å². The summed E-state index contributed by atoms with van der Waals surface area (Å²) in [6.07, 6.45) is 1.77. The maximum absolute atomic E-state index is 12.4. The van der Waals surface area contributed by atoms with Crippen LogP contribution in [0.4, 0.5) is 10.5 Å².